The van der Waals surface area contributed by atoms with E-state index >= 15 is 0 Å². The molecule has 3 heteroatoms. The summed E-state index contributed by atoms with van der Waals surface area (Å²) in [5.41, 5.74) is 0. The Morgan fingerprint density at radius 2 is 2.06 bits per heavy atom. The lowest BCUT2D eigenvalue weighted by molar-refractivity contribution is 0.467. The molecule has 0 spiro atoms. The molecule has 1 rings (SSSR count). The molecule has 0 bridgehead atoms. The van der Waals surface area contributed by atoms with Crippen molar-refractivity contribution in [3.63, 3.8) is 0 Å². The van der Waals surface area contributed by atoms with Gasteiger partial charge in [-0.1, -0.05) is 39.5 Å². The van der Waals surface area contributed by atoms with E-state index in [-0.39, 0.29) is 0 Å². The molecule has 104 valence electrons. The first-order valence-corrected chi connectivity index (χ1v) is 7.51. The van der Waals surface area contributed by atoms with Crippen LogP contribution in [0.3, 0.4) is 0 Å². The molecule has 3 nitrogen and oxygen atoms in total. The van der Waals surface area contributed by atoms with Crippen molar-refractivity contribution in [3.8, 4) is 0 Å². The van der Waals surface area contributed by atoms with E-state index in [1.165, 1.54) is 32.1 Å². The maximum Gasteiger partial charge on any atom is 0.122 e. The van der Waals surface area contributed by atoms with E-state index in [2.05, 4.69) is 41.8 Å². The molecule has 0 amide bonds. The quantitative estimate of drug-likeness (QED) is 0.642. The number of rotatable bonds is 10. The Morgan fingerprint density at radius 3 is 2.78 bits per heavy atom. The number of imidazole rings is 1. The van der Waals surface area contributed by atoms with Gasteiger partial charge in [-0.3, -0.25) is 0 Å². The van der Waals surface area contributed by atoms with Gasteiger partial charge in [0.05, 0.1) is 6.54 Å². The van der Waals surface area contributed by atoms with Crippen LogP contribution in [0, 0.1) is 0 Å². The summed E-state index contributed by atoms with van der Waals surface area (Å²) >= 11 is 0. The lowest BCUT2D eigenvalue weighted by Gasteiger charge is -2.14. The van der Waals surface area contributed by atoms with Gasteiger partial charge in [0, 0.05) is 25.0 Å². The van der Waals surface area contributed by atoms with Gasteiger partial charge in [0.1, 0.15) is 5.82 Å². The van der Waals surface area contributed by atoms with E-state index in [0.29, 0.717) is 6.04 Å². The zero-order valence-corrected chi connectivity index (χ0v) is 12.3. The summed E-state index contributed by atoms with van der Waals surface area (Å²) in [5, 5.41) is 3.58. The zero-order chi connectivity index (χ0) is 13.2. The Morgan fingerprint density at radius 1 is 1.22 bits per heavy atom. The molecule has 18 heavy (non-hydrogen) atoms. The van der Waals surface area contributed by atoms with Crippen LogP contribution in [0.4, 0.5) is 0 Å². The van der Waals surface area contributed by atoms with Crippen molar-refractivity contribution in [1.82, 2.24) is 14.9 Å². The molecule has 0 fully saturated rings. The van der Waals surface area contributed by atoms with E-state index in [0.717, 1.165) is 25.3 Å². The van der Waals surface area contributed by atoms with Crippen LogP contribution in [0.25, 0.3) is 0 Å². The van der Waals surface area contributed by atoms with Crippen LogP contribution in [0.5, 0.6) is 0 Å². The summed E-state index contributed by atoms with van der Waals surface area (Å²) in [6.07, 6.45) is 11.8. The van der Waals surface area contributed by atoms with Crippen molar-refractivity contribution in [3.05, 3.63) is 18.2 Å². The van der Waals surface area contributed by atoms with Crippen molar-refractivity contribution >= 4 is 0 Å². The highest BCUT2D eigenvalue weighted by atomic mass is 15.1. The van der Waals surface area contributed by atoms with Crippen LogP contribution in [0.1, 0.15) is 65.1 Å². The molecular formula is C15H29N3. The number of nitrogens with one attached hydrogen (secondary N) is 1. The molecule has 0 aromatic carbocycles. The van der Waals surface area contributed by atoms with Gasteiger partial charge in [0.2, 0.25) is 0 Å². The van der Waals surface area contributed by atoms with Gasteiger partial charge >= 0.3 is 0 Å². The van der Waals surface area contributed by atoms with Crippen molar-refractivity contribution < 1.29 is 0 Å². The predicted molar refractivity (Wildman–Crippen MR) is 77.6 cm³/mol. The summed E-state index contributed by atoms with van der Waals surface area (Å²) in [6, 6.07) is 0.591. The third-order valence-corrected chi connectivity index (χ3v) is 3.37. The fraction of sp³-hybridized carbons (Fsp3) is 0.800. The number of aryl methyl sites for hydroxylation is 1. The minimum atomic E-state index is 0.591. The van der Waals surface area contributed by atoms with Gasteiger partial charge in [0.25, 0.3) is 0 Å². The lowest BCUT2D eigenvalue weighted by Crippen LogP contribution is -2.27. The third kappa shape index (κ3) is 5.67. The van der Waals surface area contributed by atoms with Crippen molar-refractivity contribution in [2.24, 2.45) is 0 Å². The fourth-order valence-corrected chi connectivity index (χ4v) is 2.20. The highest BCUT2D eigenvalue weighted by molar-refractivity contribution is 4.92. The second kappa shape index (κ2) is 9.15. The third-order valence-electron chi connectivity index (χ3n) is 3.37. The molecule has 1 N–H and O–H groups in total. The molecular weight excluding hydrogens is 222 g/mol. The smallest absolute Gasteiger partial charge is 0.122 e. The first kappa shape index (κ1) is 15.2. The second-order valence-electron chi connectivity index (χ2n) is 5.17. The van der Waals surface area contributed by atoms with Gasteiger partial charge in [-0.15, -0.1) is 0 Å². The predicted octanol–water partition coefficient (Wildman–Crippen LogP) is 3.74. The topological polar surface area (TPSA) is 29.9 Å². The van der Waals surface area contributed by atoms with E-state index in [9.17, 15) is 0 Å². The maximum atomic E-state index is 4.42. The Kier molecular flexibility index (Phi) is 7.74. The maximum absolute atomic E-state index is 4.42. The summed E-state index contributed by atoms with van der Waals surface area (Å²) < 4.78 is 2.25. The average Bonchev–Trinajstić information content (AvgIpc) is 2.80. The van der Waals surface area contributed by atoms with Crippen LogP contribution in [0.2, 0.25) is 0 Å². The number of hydrogen-bond acceptors (Lipinski definition) is 2. The Balaban J connectivity index is 2.20. The van der Waals surface area contributed by atoms with E-state index in [4.69, 9.17) is 0 Å². The average molecular weight is 251 g/mol. The molecule has 1 heterocycles. The summed E-state index contributed by atoms with van der Waals surface area (Å²) in [6.45, 7) is 8.70. The monoisotopic (exact) mass is 251 g/mol. The molecule has 0 saturated heterocycles. The number of hydrogen-bond donors (Lipinski definition) is 1. The first-order valence-electron chi connectivity index (χ1n) is 7.51. The second-order valence-corrected chi connectivity index (χ2v) is 5.17. The van der Waals surface area contributed by atoms with Gasteiger partial charge in [-0.25, -0.2) is 4.98 Å². The highest BCUT2D eigenvalue weighted by Crippen LogP contribution is 2.06. The normalized spacial score (nSPS) is 12.8. The summed E-state index contributed by atoms with van der Waals surface area (Å²) in [5.74, 6) is 1.16. The summed E-state index contributed by atoms with van der Waals surface area (Å²) in [7, 11) is 0. The number of nitrogens with zero attached hydrogens (tertiary/aromatic N) is 2. The molecule has 0 saturated carbocycles. The molecule has 0 aliphatic carbocycles. The minimum Gasteiger partial charge on any atom is -0.334 e. The van der Waals surface area contributed by atoms with Gasteiger partial charge in [-0.2, -0.15) is 0 Å². The molecule has 1 aromatic rings. The first-order chi connectivity index (χ1) is 8.77. The van der Waals surface area contributed by atoms with Crippen LogP contribution < -0.4 is 5.32 Å². The van der Waals surface area contributed by atoms with Crippen LogP contribution in [0.15, 0.2) is 12.4 Å². The molecule has 1 unspecified atom stereocenters. The van der Waals surface area contributed by atoms with E-state index in [1.54, 1.807) is 0 Å². The Bertz CT molecular complexity index is 306. The molecule has 1 aromatic heterocycles. The lowest BCUT2D eigenvalue weighted by atomic mass is 10.1. The number of aromatic nitrogens is 2. The van der Waals surface area contributed by atoms with Crippen LogP contribution in [-0.4, -0.2) is 15.6 Å². The van der Waals surface area contributed by atoms with E-state index < -0.39 is 0 Å². The molecule has 0 aliphatic rings. The molecule has 0 radical (unpaired) electrons. The Hall–Kier alpha value is -0.830. The zero-order valence-electron chi connectivity index (χ0n) is 12.3. The van der Waals surface area contributed by atoms with Gasteiger partial charge in [-0.05, 0) is 19.8 Å². The van der Waals surface area contributed by atoms with Gasteiger partial charge in [0.15, 0.2) is 0 Å². The summed E-state index contributed by atoms with van der Waals surface area (Å²) in [4.78, 5) is 4.42. The molecule has 0 aliphatic heterocycles. The SMILES string of the molecule is CCCCCCC(C)NCc1nccn1CCC. The van der Waals surface area contributed by atoms with Crippen molar-refractivity contribution in [1.29, 1.82) is 0 Å². The highest BCUT2D eigenvalue weighted by Gasteiger charge is 2.05. The molecule has 1 atom stereocenters. The standard InChI is InChI=1S/C15H29N3/c1-4-6-7-8-9-14(3)17-13-15-16-10-12-18(15)11-5-2/h10,12,14,17H,4-9,11,13H2,1-3H3. The number of unbranched alkanes of at least 4 members (excludes halogenated alkanes) is 3. The van der Waals surface area contributed by atoms with Gasteiger partial charge < -0.3 is 9.88 Å². The van der Waals surface area contributed by atoms with Crippen LogP contribution in [-0.2, 0) is 13.1 Å². The largest absolute Gasteiger partial charge is 0.334 e. The van der Waals surface area contributed by atoms with Crippen molar-refractivity contribution in [2.75, 3.05) is 0 Å². The van der Waals surface area contributed by atoms with E-state index in [1.807, 2.05) is 6.20 Å². The minimum absolute atomic E-state index is 0.591. The fourth-order valence-electron chi connectivity index (χ4n) is 2.20. The Labute approximate surface area is 112 Å². The van der Waals surface area contributed by atoms with Crippen molar-refractivity contribution in [2.45, 2.75) is 78.4 Å². The van der Waals surface area contributed by atoms with Crippen LogP contribution >= 0.6 is 0 Å².